The summed E-state index contributed by atoms with van der Waals surface area (Å²) in [5.74, 6) is 0.551. The number of likely N-dealkylation sites (tertiary alicyclic amines) is 1. The van der Waals surface area contributed by atoms with Crippen LogP contribution in [0.5, 0.6) is 0 Å². The predicted molar refractivity (Wildman–Crippen MR) is 93.6 cm³/mol. The largest absolute Gasteiger partial charge is 0.351 e. The molecule has 0 saturated carbocycles. The molecule has 2 heterocycles. The van der Waals surface area contributed by atoms with Crippen LogP contribution in [0.2, 0.25) is 0 Å². The van der Waals surface area contributed by atoms with E-state index in [0.717, 1.165) is 36.8 Å². The van der Waals surface area contributed by atoms with Gasteiger partial charge in [-0.2, -0.15) is 0 Å². The molecule has 2 aromatic rings. The molecule has 1 amide bonds. The van der Waals surface area contributed by atoms with E-state index < -0.39 is 0 Å². The number of piperidine rings is 1. The molecule has 1 unspecified atom stereocenters. The molecular weight excluding hydrogens is 306 g/mol. The number of hydrogen-bond acceptors (Lipinski definition) is 4. The molecule has 1 aliphatic heterocycles. The Kier molecular flexibility index (Phi) is 5.41. The number of thiazole rings is 1. The zero-order chi connectivity index (χ0) is 16.1. The summed E-state index contributed by atoms with van der Waals surface area (Å²) in [4.78, 5) is 19.6. The van der Waals surface area contributed by atoms with E-state index in [1.807, 2.05) is 6.92 Å². The number of hydrogen-bond donors (Lipinski definition) is 1. The first-order valence-corrected chi connectivity index (χ1v) is 9.05. The summed E-state index contributed by atoms with van der Waals surface area (Å²) in [6.07, 6.45) is 2.39. The Hall–Kier alpha value is -1.72. The van der Waals surface area contributed by atoms with Gasteiger partial charge in [0.25, 0.3) is 5.91 Å². The molecule has 1 fully saturated rings. The summed E-state index contributed by atoms with van der Waals surface area (Å²) in [5, 5.41) is 3.08. The van der Waals surface area contributed by atoms with Crippen LogP contribution in [0.25, 0.3) is 0 Å². The van der Waals surface area contributed by atoms with E-state index in [2.05, 4.69) is 45.5 Å². The zero-order valence-corrected chi connectivity index (χ0v) is 14.3. The molecule has 1 aliphatic rings. The third kappa shape index (κ3) is 4.39. The molecule has 23 heavy (non-hydrogen) atoms. The van der Waals surface area contributed by atoms with Gasteiger partial charge in [0, 0.05) is 19.6 Å². The van der Waals surface area contributed by atoms with E-state index in [4.69, 9.17) is 0 Å². The van der Waals surface area contributed by atoms with Crippen LogP contribution in [0.15, 0.2) is 35.8 Å². The lowest BCUT2D eigenvalue weighted by molar-refractivity contribution is 0.0934. The van der Waals surface area contributed by atoms with Crippen LogP contribution in [-0.2, 0) is 6.54 Å². The molecule has 122 valence electrons. The third-order valence-electron chi connectivity index (χ3n) is 4.36. The number of amides is 1. The van der Waals surface area contributed by atoms with E-state index in [0.29, 0.717) is 5.92 Å². The Morgan fingerprint density at radius 2 is 2.22 bits per heavy atom. The molecule has 0 aliphatic carbocycles. The minimum atomic E-state index is 0.0187. The number of aryl methyl sites for hydroxylation is 1. The zero-order valence-electron chi connectivity index (χ0n) is 13.5. The van der Waals surface area contributed by atoms with E-state index in [1.165, 1.54) is 29.7 Å². The van der Waals surface area contributed by atoms with Crippen molar-refractivity contribution in [3.63, 3.8) is 0 Å². The number of rotatable bonds is 5. The van der Waals surface area contributed by atoms with Crippen molar-refractivity contribution in [1.29, 1.82) is 0 Å². The van der Waals surface area contributed by atoms with Crippen LogP contribution < -0.4 is 5.32 Å². The molecule has 3 rings (SSSR count). The predicted octanol–water partition coefficient (Wildman–Crippen LogP) is 3.09. The van der Waals surface area contributed by atoms with E-state index in [1.54, 1.807) is 5.51 Å². The highest BCUT2D eigenvalue weighted by molar-refractivity contribution is 7.11. The van der Waals surface area contributed by atoms with Crippen LogP contribution in [-0.4, -0.2) is 35.4 Å². The number of aromatic nitrogens is 1. The van der Waals surface area contributed by atoms with Gasteiger partial charge < -0.3 is 5.32 Å². The normalized spacial score (nSPS) is 18.7. The lowest BCUT2D eigenvalue weighted by atomic mass is 9.97. The van der Waals surface area contributed by atoms with Crippen LogP contribution in [0, 0.1) is 12.8 Å². The Balaban J connectivity index is 1.49. The van der Waals surface area contributed by atoms with Gasteiger partial charge in [-0.25, -0.2) is 4.98 Å². The van der Waals surface area contributed by atoms with Crippen molar-refractivity contribution >= 4 is 17.2 Å². The fourth-order valence-corrected chi connectivity index (χ4v) is 3.86. The highest BCUT2D eigenvalue weighted by Crippen LogP contribution is 2.18. The average molecular weight is 329 g/mol. The van der Waals surface area contributed by atoms with Gasteiger partial charge in [0.05, 0.1) is 11.2 Å². The topological polar surface area (TPSA) is 45.2 Å². The van der Waals surface area contributed by atoms with Crippen LogP contribution in [0.1, 0.15) is 33.8 Å². The highest BCUT2D eigenvalue weighted by atomic mass is 32.1. The molecule has 1 atom stereocenters. The summed E-state index contributed by atoms with van der Waals surface area (Å²) in [7, 11) is 0. The van der Waals surface area contributed by atoms with Crippen LogP contribution >= 0.6 is 11.3 Å². The Labute approximate surface area is 141 Å². The molecule has 1 saturated heterocycles. The number of carbonyl (C=O) groups is 1. The van der Waals surface area contributed by atoms with Gasteiger partial charge in [-0.1, -0.05) is 30.3 Å². The SMILES string of the molecule is Cc1ncsc1C(=O)NCC1CCCN(Cc2ccccc2)C1. The first kappa shape index (κ1) is 16.1. The highest BCUT2D eigenvalue weighted by Gasteiger charge is 2.21. The fourth-order valence-electron chi connectivity index (χ4n) is 3.14. The summed E-state index contributed by atoms with van der Waals surface area (Å²) >= 11 is 1.41. The average Bonchev–Trinajstić information content (AvgIpc) is 3.00. The Morgan fingerprint density at radius 3 is 2.96 bits per heavy atom. The van der Waals surface area contributed by atoms with Crippen LogP contribution in [0.4, 0.5) is 0 Å². The second-order valence-corrected chi connectivity index (χ2v) is 7.06. The fraction of sp³-hybridized carbons (Fsp3) is 0.444. The van der Waals surface area contributed by atoms with Gasteiger partial charge >= 0.3 is 0 Å². The lowest BCUT2D eigenvalue weighted by Gasteiger charge is -2.32. The first-order chi connectivity index (χ1) is 11.2. The smallest absolute Gasteiger partial charge is 0.263 e. The van der Waals surface area contributed by atoms with Crippen molar-refractivity contribution in [2.75, 3.05) is 19.6 Å². The van der Waals surface area contributed by atoms with Gasteiger partial charge in [0.2, 0.25) is 0 Å². The van der Waals surface area contributed by atoms with Gasteiger partial charge in [-0.15, -0.1) is 11.3 Å². The van der Waals surface area contributed by atoms with E-state index >= 15 is 0 Å². The summed E-state index contributed by atoms with van der Waals surface area (Å²) in [6.45, 7) is 5.83. The molecule has 1 N–H and O–H groups in total. The minimum Gasteiger partial charge on any atom is -0.351 e. The maximum Gasteiger partial charge on any atom is 0.263 e. The number of nitrogens with one attached hydrogen (secondary N) is 1. The molecule has 1 aromatic heterocycles. The lowest BCUT2D eigenvalue weighted by Crippen LogP contribution is -2.40. The number of nitrogens with zero attached hydrogens (tertiary/aromatic N) is 2. The maximum absolute atomic E-state index is 12.2. The summed E-state index contributed by atoms with van der Waals surface area (Å²) in [5.41, 5.74) is 3.91. The van der Waals surface area contributed by atoms with Crippen molar-refractivity contribution in [3.05, 3.63) is 52.0 Å². The number of carbonyl (C=O) groups excluding carboxylic acids is 1. The standard InChI is InChI=1S/C18H23N3OS/c1-14-17(23-13-20-14)18(22)19-10-16-8-5-9-21(12-16)11-15-6-3-2-4-7-15/h2-4,6-7,13,16H,5,8-12H2,1H3,(H,19,22). The van der Waals surface area contributed by atoms with E-state index in [9.17, 15) is 4.79 Å². The molecule has 5 heteroatoms. The third-order valence-corrected chi connectivity index (χ3v) is 5.28. The molecule has 0 radical (unpaired) electrons. The quantitative estimate of drug-likeness (QED) is 0.917. The maximum atomic E-state index is 12.2. The van der Waals surface area contributed by atoms with Crippen molar-refractivity contribution in [1.82, 2.24) is 15.2 Å². The van der Waals surface area contributed by atoms with Gasteiger partial charge in [0.1, 0.15) is 4.88 Å². The minimum absolute atomic E-state index is 0.0187. The molecular formula is C18H23N3OS. The Morgan fingerprint density at radius 1 is 1.39 bits per heavy atom. The summed E-state index contributed by atoms with van der Waals surface area (Å²) in [6, 6.07) is 10.6. The molecule has 4 nitrogen and oxygen atoms in total. The Bertz CT molecular complexity index is 641. The van der Waals surface area contributed by atoms with Crippen molar-refractivity contribution in [2.45, 2.75) is 26.3 Å². The van der Waals surface area contributed by atoms with E-state index in [-0.39, 0.29) is 5.91 Å². The molecule has 0 spiro atoms. The van der Waals surface area contributed by atoms with Gasteiger partial charge in [-0.3, -0.25) is 9.69 Å². The monoisotopic (exact) mass is 329 g/mol. The van der Waals surface area contributed by atoms with Gasteiger partial charge in [-0.05, 0) is 37.8 Å². The van der Waals surface area contributed by atoms with Crippen molar-refractivity contribution < 1.29 is 4.79 Å². The van der Waals surface area contributed by atoms with Crippen molar-refractivity contribution in [2.24, 2.45) is 5.92 Å². The molecule has 1 aromatic carbocycles. The van der Waals surface area contributed by atoms with Crippen molar-refractivity contribution in [3.8, 4) is 0 Å². The van der Waals surface area contributed by atoms with Gasteiger partial charge in [0.15, 0.2) is 0 Å². The molecule has 0 bridgehead atoms. The summed E-state index contributed by atoms with van der Waals surface area (Å²) < 4.78 is 0. The second-order valence-electron chi connectivity index (χ2n) is 6.21. The first-order valence-electron chi connectivity index (χ1n) is 8.17. The number of benzene rings is 1. The second kappa shape index (κ2) is 7.70. The van der Waals surface area contributed by atoms with Crippen LogP contribution in [0.3, 0.4) is 0 Å².